The highest BCUT2D eigenvalue weighted by atomic mass is 79.9. The normalized spacial score (nSPS) is 12.7. The van der Waals surface area contributed by atoms with Gasteiger partial charge in [-0.05, 0) is 37.1 Å². The van der Waals surface area contributed by atoms with Crippen molar-refractivity contribution in [3.63, 3.8) is 0 Å². The predicted molar refractivity (Wildman–Crippen MR) is 74.0 cm³/mol. The summed E-state index contributed by atoms with van der Waals surface area (Å²) in [6.45, 7) is 4.10. The molecule has 0 aliphatic heterocycles. The third-order valence-corrected chi connectivity index (χ3v) is 3.67. The first kappa shape index (κ1) is 13.2. The Morgan fingerprint density at radius 3 is 2.89 bits per heavy atom. The van der Waals surface area contributed by atoms with Gasteiger partial charge in [0.2, 0.25) is 0 Å². The minimum Gasteiger partial charge on any atom is -0.334 e. The smallest absolute Gasteiger partial charge is 0.257 e. The van der Waals surface area contributed by atoms with Crippen molar-refractivity contribution in [3.05, 3.63) is 34.1 Å². The second-order valence-corrected chi connectivity index (χ2v) is 5.17. The van der Waals surface area contributed by atoms with Crippen LogP contribution >= 0.6 is 15.9 Å². The van der Waals surface area contributed by atoms with Crippen molar-refractivity contribution in [3.8, 4) is 11.5 Å². The highest BCUT2D eigenvalue weighted by molar-refractivity contribution is 9.10. The monoisotopic (exact) mass is 309 g/mol. The molecule has 0 amide bonds. The average molecular weight is 310 g/mol. The SMILES string of the molecule is CCCC(N)c1noc(-c2ccc(Br)c(C)c2)n1. The maximum Gasteiger partial charge on any atom is 0.257 e. The van der Waals surface area contributed by atoms with Gasteiger partial charge in [0, 0.05) is 10.0 Å². The van der Waals surface area contributed by atoms with Gasteiger partial charge in [-0.25, -0.2) is 0 Å². The zero-order valence-corrected chi connectivity index (χ0v) is 12.1. The van der Waals surface area contributed by atoms with Crippen LogP contribution in [0.2, 0.25) is 0 Å². The van der Waals surface area contributed by atoms with Gasteiger partial charge in [0.1, 0.15) is 0 Å². The van der Waals surface area contributed by atoms with Crippen LogP contribution in [0.1, 0.15) is 37.2 Å². The average Bonchev–Trinajstić information content (AvgIpc) is 2.82. The fourth-order valence-corrected chi connectivity index (χ4v) is 1.97. The van der Waals surface area contributed by atoms with Gasteiger partial charge >= 0.3 is 0 Å². The lowest BCUT2D eigenvalue weighted by molar-refractivity contribution is 0.413. The molecule has 1 atom stereocenters. The number of benzene rings is 1. The quantitative estimate of drug-likeness (QED) is 0.937. The summed E-state index contributed by atoms with van der Waals surface area (Å²) in [7, 11) is 0. The minimum absolute atomic E-state index is 0.149. The van der Waals surface area contributed by atoms with E-state index in [0.29, 0.717) is 11.7 Å². The fourth-order valence-electron chi connectivity index (χ4n) is 1.72. The van der Waals surface area contributed by atoms with Crippen molar-refractivity contribution in [2.24, 2.45) is 5.73 Å². The van der Waals surface area contributed by atoms with E-state index >= 15 is 0 Å². The van der Waals surface area contributed by atoms with Gasteiger partial charge in [-0.1, -0.05) is 34.4 Å². The van der Waals surface area contributed by atoms with Crippen LogP contribution in [0.3, 0.4) is 0 Å². The van der Waals surface area contributed by atoms with Crippen LogP contribution in [0.5, 0.6) is 0 Å². The van der Waals surface area contributed by atoms with Gasteiger partial charge in [0.05, 0.1) is 6.04 Å². The standard InChI is InChI=1S/C13H16BrN3O/c1-3-4-11(15)12-16-13(18-17-12)9-5-6-10(14)8(2)7-9/h5-7,11H,3-4,15H2,1-2H3. The summed E-state index contributed by atoms with van der Waals surface area (Å²) in [5, 5.41) is 3.94. The van der Waals surface area contributed by atoms with Crippen LogP contribution < -0.4 is 5.73 Å². The molecule has 1 aromatic heterocycles. The van der Waals surface area contributed by atoms with Crippen molar-refractivity contribution < 1.29 is 4.52 Å². The molecule has 1 unspecified atom stereocenters. The van der Waals surface area contributed by atoms with Crippen LogP contribution in [0.25, 0.3) is 11.5 Å². The Morgan fingerprint density at radius 2 is 2.22 bits per heavy atom. The van der Waals surface area contributed by atoms with E-state index in [-0.39, 0.29) is 6.04 Å². The van der Waals surface area contributed by atoms with Gasteiger partial charge in [-0.15, -0.1) is 0 Å². The summed E-state index contributed by atoms with van der Waals surface area (Å²) in [5.41, 5.74) is 8.00. The summed E-state index contributed by atoms with van der Waals surface area (Å²) in [5.74, 6) is 1.10. The van der Waals surface area contributed by atoms with Crippen molar-refractivity contribution in [2.45, 2.75) is 32.7 Å². The summed E-state index contributed by atoms with van der Waals surface area (Å²) in [6.07, 6.45) is 1.86. The Hall–Kier alpha value is -1.20. The molecule has 2 N–H and O–H groups in total. The Balaban J connectivity index is 2.26. The van der Waals surface area contributed by atoms with Gasteiger partial charge in [0.25, 0.3) is 5.89 Å². The molecule has 2 rings (SSSR count). The van der Waals surface area contributed by atoms with E-state index in [1.807, 2.05) is 25.1 Å². The van der Waals surface area contributed by atoms with Gasteiger partial charge < -0.3 is 10.3 Å². The van der Waals surface area contributed by atoms with E-state index in [0.717, 1.165) is 28.4 Å². The highest BCUT2D eigenvalue weighted by Gasteiger charge is 2.14. The largest absolute Gasteiger partial charge is 0.334 e. The van der Waals surface area contributed by atoms with Crippen LogP contribution in [0.4, 0.5) is 0 Å². The molecule has 4 nitrogen and oxygen atoms in total. The zero-order valence-electron chi connectivity index (χ0n) is 10.5. The Bertz CT molecular complexity index is 539. The molecule has 2 aromatic rings. The van der Waals surface area contributed by atoms with Crippen molar-refractivity contribution in [1.82, 2.24) is 10.1 Å². The molecule has 1 heterocycles. The number of hydrogen-bond donors (Lipinski definition) is 1. The Kier molecular flexibility index (Phi) is 4.14. The number of aryl methyl sites for hydroxylation is 1. The molecule has 0 aliphatic carbocycles. The molecule has 18 heavy (non-hydrogen) atoms. The van der Waals surface area contributed by atoms with E-state index in [9.17, 15) is 0 Å². The maximum absolute atomic E-state index is 5.96. The van der Waals surface area contributed by atoms with E-state index in [1.54, 1.807) is 0 Å². The number of hydrogen-bond acceptors (Lipinski definition) is 4. The first-order chi connectivity index (χ1) is 8.61. The second-order valence-electron chi connectivity index (χ2n) is 4.32. The van der Waals surface area contributed by atoms with E-state index < -0.39 is 0 Å². The number of nitrogens with zero attached hydrogens (tertiary/aromatic N) is 2. The van der Waals surface area contributed by atoms with Crippen LogP contribution in [0, 0.1) is 6.92 Å². The lowest BCUT2D eigenvalue weighted by Crippen LogP contribution is -2.11. The van der Waals surface area contributed by atoms with Gasteiger partial charge in [-0.3, -0.25) is 0 Å². The lowest BCUT2D eigenvalue weighted by atomic mass is 10.1. The first-order valence-corrected chi connectivity index (χ1v) is 6.76. The van der Waals surface area contributed by atoms with E-state index in [1.165, 1.54) is 0 Å². The second kappa shape index (κ2) is 5.63. The Morgan fingerprint density at radius 1 is 1.44 bits per heavy atom. The highest BCUT2D eigenvalue weighted by Crippen LogP contribution is 2.25. The number of nitrogens with two attached hydrogens (primary N) is 1. The third-order valence-electron chi connectivity index (χ3n) is 2.78. The number of aromatic nitrogens is 2. The summed E-state index contributed by atoms with van der Waals surface area (Å²) in [6, 6.07) is 5.77. The molecule has 0 aliphatic rings. The van der Waals surface area contributed by atoms with Crippen LogP contribution in [-0.4, -0.2) is 10.1 Å². The maximum atomic E-state index is 5.96. The van der Waals surface area contributed by atoms with E-state index in [2.05, 4.69) is 33.0 Å². The molecule has 0 saturated heterocycles. The molecule has 0 radical (unpaired) electrons. The van der Waals surface area contributed by atoms with Gasteiger partial charge in [-0.2, -0.15) is 4.98 Å². The molecular weight excluding hydrogens is 294 g/mol. The summed E-state index contributed by atoms with van der Waals surface area (Å²) in [4.78, 5) is 4.35. The topological polar surface area (TPSA) is 64.9 Å². The molecule has 0 fully saturated rings. The van der Waals surface area contributed by atoms with Crippen molar-refractivity contribution in [2.75, 3.05) is 0 Å². The van der Waals surface area contributed by atoms with Crippen LogP contribution in [0.15, 0.2) is 27.2 Å². The fraction of sp³-hybridized carbons (Fsp3) is 0.385. The van der Waals surface area contributed by atoms with Crippen LogP contribution in [-0.2, 0) is 0 Å². The number of rotatable bonds is 4. The zero-order chi connectivity index (χ0) is 13.1. The van der Waals surface area contributed by atoms with E-state index in [4.69, 9.17) is 10.3 Å². The first-order valence-electron chi connectivity index (χ1n) is 5.97. The third kappa shape index (κ3) is 2.79. The van der Waals surface area contributed by atoms with Crippen molar-refractivity contribution in [1.29, 1.82) is 0 Å². The minimum atomic E-state index is -0.149. The predicted octanol–water partition coefficient (Wildman–Crippen LogP) is 3.61. The molecule has 0 saturated carbocycles. The Labute approximate surface area is 115 Å². The molecular formula is C13H16BrN3O. The molecule has 1 aromatic carbocycles. The molecule has 0 spiro atoms. The van der Waals surface area contributed by atoms with Crippen molar-refractivity contribution >= 4 is 15.9 Å². The summed E-state index contributed by atoms with van der Waals surface area (Å²) < 4.78 is 6.32. The number of halogens is 1. The molecule has 5 heteroatoms. The molecule has 96 valence electrons. The lowest BCUT2D eigenvalue weighted by Gasteiger charge is -2.02. The summed E-state index contributed by atoms with van der Waals surface area (Å²) >= 11 is 3.46. The molecule has 0 bridgehead atoms. The van der Waals surface area contributed by atoms with Gasteiger partial charge in [0.15, 0.2) is 5.82 Å².